The number of carbonyl (C=O) groups is 1. The van der Waals surface area contributed by atoms with Gasteiger partial charge in [0.15, 0.2) is 0 Å². The van der Waals surface area contributed by atoms with E-state index < -0.39 is 0 Å². The van der Waals surface area contributed by atoms with E-state index in [1.165, 1.54) is 6.42 Å². The van der Waals surface area contributed by atoms with Gasteiger partial charge in [-0.25, -0.2) is 4.79 Å². The number of rotatable bonds is 8. The molecule has 0 aliphatic carbocycles. The first-order valence-corrected chi connectivity index (χ1v) is 6.96. The number of hydrogen-bond acceptors (Lipinski definition) is 1. The van der Waals surface area contributed by atoms with E-state index in [0.29, 0.717) is 11.8 Å². The molecular formula is C14H30N2O. The highest BCUT2D eigenvalue weighted by molar-refractivity contribution is 5.74. The summed E-state index contributed by atoms with van der Waals surface area (Å²) >= 11 is 0. The van der Waals surface area contributed by atoms with Crippen molar-refractivity contribution in [2.45, 2.75) is 66.3 Å². The third kappa shape index (κ3) is 11.5. The van der Waals surface area contributed by atoms with Crippen LogP contribution in [0.3, 0.4) is 0 Å². The lowest BCUT2D eigenvalue weighted by atomic mass is 10.0. The largest absolute Gasteiger partial charge is 0.338 e. The van der Waals surface area contributed by atoms with Crippen LogP contribution in [0.4, 0.5) is 4.79 Å². The molecule has 3 nitrogen and oxygen atoms in total. The molecule has 0 rings (SSSR count). The molecule has 0 aromatic heterocycles. The average molecular weight is 242 g/mol. The maximum Gasteiger partial charge on any atom is 0.314 e. The minimum Gasteiger partial charge on any atom is -0.338 e. The molecule has 3 heteroatoms. The smallest absolute Gasteiger partial charge is 0.314 e. The molecule has 0 saturated heterocycles. The van der Waals surface area contributed by atoms with Gasteiger partial charge in [-0.1, -0.05) is 27.7 Å². The fourth-order valence-corrected chi connectivity index (χ4v) is 1.64. The van der Waals surface area contributed by atoms with Crippen molar-refractivity contribution in [3.63, 3.8) is 0 Å². The summed E-state index contributed by atoms with van der Waals surface area (Å²) in [5.41, 5.74) is 0. The van der Waals surface area contributed by atoms with Crippen molar-refractivity contribution < 1.29 is 4.79 Å². The number of urea groups is 1. The van der Waals surface area contributed by atoms with Gasteiger partial charge in [-0.2, -0.15) is 0 Å². The lowest BCUT2D eigenvalue weighted by Crippen LogP contribution is -2.41. The molecule has 0 heterocycles. The predicted molar refractivity (Wildman–Crippen MR) is 74.1 cm³/mol. The molecule has 2 N–H and O–H groups in total. The Labute approximate surface area is 107 Å². The lowest BCUT2D eigenvalue weighted by Gasteiger charge is -2.15. The van der Waals surface area contributed by atoms with Gasteiger partial charge < -0.3 is 10.6 Å². The molecule has 0 aromatic carbocycles. The van der Waals surface area contributed by atoms with Gasteiger partial charge in [0.1, 0.15) is 0 Å². The maximum absolute atomic E-state index is 11.5. The summed E-state index contributed by atoms with van der Waals surface area (Å²) in [4.78, 5) is 11.5. The van der Waals surface area contributed by atoms with Crippen molar-refractivity contribution >= 4 is 6.03 Å². The summed E-state index contributed by atoms with van der Waals surface area (Å²) in [5.74, 6) is 1.41. The number of amides is 2. The highest BCUT2D eigenvalue weighted by atomic mass is 16.2. The minimum absolute atomic E-state index is 0.0231. The van der Waals surface area contributed by atoms with E-state index in [0.717, 1.165) is 25.8 Å². The van der Waals surface area contributed by atoms with Crippen LogP contribution in [0, 0.1) is 11.8 Å². The zero-order valence-electron chi connectivity index (χ0n) is 12.2. The van der Waals surface area contributed by atoms with Crippen LogP contribution in [-0.4, -0.2) is 18.6 Å². The summed E-state index contributed by atoms with van der Waals surface area (Å²) in [6, 6.07) is 0.243. The van der Waals surface area contributed by atoms with Crippen molar-refractivity contribution in [2.75, 3.05) is 6.54 Å². The Morgan fingerprint density at radius 3 is 2.06 bits per heavy atom. The first kappa shape index (κ1) is 16.3. The Bertz CT molecular complexity index is 202. The van der Waals surface area contributed by atoms with E-state index in [1.54, 1.807) is 0 Å². The van der Waals surface area contributed by atoms with Gasteiger partial charge in [0, 0.05) is 12.6 Å². The number of nitrogens with one attached hydrogen (secondary N) is 2. The Kier molecular flexibility index (Phi) is 8.92. The molecule has 0 spiro atoms. The Hall–Kier alpha value is -0.730. The first-order valence-electron chi connectivity index (χ1n) is 6.96. The molecule has 0 aliphatic rings. The Morgan fingerprint density at radius 1 is 0.941 bits per heavy atom. The van der Waals surface area contributed by atoms with Gasteiger partial charge in [-0.15, -0.1) is 0 Å². The summed E-state index contributed by atoms with van der Waals surface area (Å²) in [6.45, 7) is 11.7. The molecule has 0 aliphatic heterocycles. The highest BCUT2D eigenvalue weighted by Crippen LogP contribution is 2.06. The van der Waals surface area contributed by atoms with Crippen LogP contribution in [0.15, 0.2) is 0 Å². The number of carbonyl (C=O) groups excluding carboxylic acids is 1. The molecule has 17 heavy (non-hydrogen) atoms. The summed E-state index contributed by atoms with van der Waals surface area (Å²) in [6.07, 6.45) is 4.44. The first-order chi connectivity index (χ1) is 7.91. The topological polar surface area (TPSA) is 41.1 Å². The number of hydrogen-bond donors (Lipinski definition) is 2. The van der Waals surface area contributed by atoms with Crippen LogP contribution in [-0.2, 0) is 0 Å². The lowest BCUT2D eigenvalue weighted by molar-refractivity contribution is 0.236. The molecular weight excluding hydrogens is 212 g/mol. The van der Waals surface area contributed by atoms with Crippen molar-refractivity contribution in [2.24, 2.45) is 11.8 Å². The summed E-state index contributed by atoms with van der Waals surface area (Å²) in [7, 11) is 0. The van der Waals surface area contributed by atoms with Crippen LogP contribution < -0.4 is 10.6 Å². The van der Waals surface area contributed by atoms with E-state index in [1.807, 2.05) is 0 Å². The molecule has 2 amide bonds. The average Bonchev–Trinajstić information content (AvgIpc) is 2.21. The van der Waals surface area contributed by atoms with Crippen LogP contribution in [0.1, 0.15) is 60.3 Å². The Morgan fingerprint density at radius 2 is 1.53 bits per heavy atom. The zero-order chi connectivity index (χ0) is 13.3. The third-order valence-corrected chi connectivity index (χ3v) is 2.80. The SMILES string of the molecule is CC(C)CCCNC(=O)NC(C)CCC(C)C. The monoisotopic (exact) mass is 242 g/mol. The van der Waals surface area contributed by atoms with Gasteiger partial charge in [0.05, 0.1) is 0 Å². The van der Waals surface area contributed by atoms with Gasteiger partial charge in [-0.3, -0.25) is 0 Å². The van der Waals surface area contributed by atoms with Crippen LogP contribution in [0.2, 0.25) is 0 Å². The summed E-state index contributed by atoms with van der Waals surface area (Å²) in [5, 5.41) is 5.88. The quantitative estimate of drug-likeness (QED) is 0.628. The Balaban J connectivity index is 3.50. The molecule has 0 bridgehead atoms. The molecule has 102 valence electrons. The summed E-state index contributed by atoms with van der Waals surface area (Å²) < 4.78 is 0. The zero-order valence-corrected chi connectivity index (χ0v) is 12.2. The standard InChI is InChI=1S/C14H30N2O/c1-11(2)7-6-10-15-14(17)16-13(5)9-8-12(3)4/h11-13H,6-10H2,1-5H3,(H2,15,16,17). The second-order valence-electron chi connectivity index (χ2n) is 5.81. The van der Waals surface area contributed by atoms with Crippen molar-refractivity contribution in [1.29, 1.82) is 0 Å². The molecule has 1 atom stereocenters. The fraction of sp³-hybridized carbons (Fsp3) is 0.929. The van der Waals surface area contributed by atoms with Crippen molar-refractivity contribution in [3.8, 4) is 0 Å². The highest BCUT2D eigenvalue weighted by Gasteiger charge is 2.07. The fourth-order valence-electron chi connectivity index (χ4n) is 1.64. The normalized spacial score (nSPS) is 12.9. The molecule has 0 saturated carbocycles. The molecule has 0 radical (unpaired) electrons. The van der Waals surface area contributed by atoms with Crippen LogP contribution in [0.25, 0.3) is 0 Å². The van der Waals surface area contributed by atoms with E-state index in [-0.39, 0.29) is 12.1 Å². The van der Waals surface area contributed by atoms with Gasteiger partial charge >= 0.3 is 6.03 Å². The van der Waals surface area contributed by atoms with E-state index in [9.17, 15) is 4.79 Å². The third-order valence-electron chi connectivity index (χ3n) is 2.80. The second kappa shape index (κ2) is 9.32. The maximum atomic E-state index is 11.5. The van der Waals surface area contributed by atoms with E-state index >= 15 is 0 Å². The molecule has 0 aromatic rings. The van der Waals surface area contributed by atoms with E-state index in [4.69, 9.17) is 0 Å². The van der Waals surface area contributed by atoms with Crippen molar-refractivity contribution in [3.05, 3.63) is 0 Å². The minimum atomic E-state index is -0.0231. The molecule has 1 unspecified atom stereocenters. The predicted octanol–water partition coefficient (Wildman–Crippen LogP) is 3.55. The molecule has 0 fully saturated rings. The van der Waals surface area contributed by atoms with Gasteiger partial charge in [0.2, 0.25) is 0 Å². The van der Waals surface area contributed by atoms with Crippen LogP contribution in [0.5, 0.6) is 0 Å². The second-order valence-corrected chi connectivity index (χ2v) is 5.81. The van der Waals surface area contributed by atoms with Crippen LogP contribution >= 0.6 is 0 Å². The van der Waals surface area contributed by atoms with Crippen molar-refractivity contribution in [1.82, 2.24) is 10.6 Å². The van der Waals surface area contributed by atoms with Gasteiger partial charge in [-0.05, 0) is 44.4 Å². The van der Waals surface area contributed by atoms with E-state index in [2.05, 4.69) is 45.3 Å². The van der Waals surface area contributed by atoms with Gasteiger partial charge in [0.25, 0.3) is 0 Å².